The number of guanidine groups is 1. The van der Waals surface area contributed by atoms with Gasteiger partial charge in [-0.1, -0.05) is 24.3 Å². The fourth-order valence-electron chi connectivity index (χ4n) is 2.72. The fraction of sp³-hybridized carbons (Fsp3) is 0.381. The topological polar surface area (TPSA) is 65.9 Å². The van der Waals surface area contributed by atoms with E-state index in [0.29, 0.717) is 29.4 Å². The number of aliphatic hydroxyl groups is 1. The highest BCUT2D eigenvalue weighted by atomic mass is 127. The third-order valence-corrected chi connectivity index (χ3v) is 4.31. The number of rotatable bonds is 7. The predicted octanol–water partition coefficient (Wildman–Crippen LogP) is 4.68. The Balaban J connectivity index is 0.00000450. The number of alkyl halides is 3. The molecule has 0 aliphatic carbocycles. The molecule has 2 rings (SSSR count). The molecular weight excluding hydrogens is 510 g/mol. The lowest BCUT2D eigenvalue weighted by molar-refractivity contribution is -0.137. The average molecular weight is 537 g/mol. The van der Waals surface area contributed by atoms with Crippen LogP contribution < -0.4 is 15.4 Å². The quantitative estimate of drug-likeness (QED) is 0.273. The van der Waals surface area contributed by atoms with Gasteiger partial charge in [-0.3, -0.25) is 4.99 Å². The van der Waals surface area contributed by atoms with Crippen LogP contribution in [0.1, 0.15) is 42.7 Å². The Kier molecular flexibility index (Phi) is 10.4. The zero-order valence-electron chi connectivity index (χ0n) is 17.0. The predicted molar refractivity (Wildman–Crippen MR) is 122 cm³/mol. The summed E-state index contributed by atoms with van der Waals surface area (Å²) >= 11 is 0. The first-order valence-corrected chi connectivity index (χ1v) is 9.28. The summed E-state index contributed by atoms with van der Waals surface area (Å²) in [6.07, 6.45) is -5.24. The largest absolute Gasteiger partial charge is 0.497 e. The van der Waals surface area contributed by atoms with Crippen molar-refractivity contribution < 1.29 is 23.0 Å². The molecule has 0 fully saturated rings. The maximum Gasteiger partial charge on any atom is 0.416 e. The van der Waals surface area contributed by atoms with Crippen LogP contribution in [0.3, 0.4) is 0 Å². The molecule has 0 amide bonds. The summed E-state index contributed by atoms with van der Waals surface area (Å²) < 4.78 is 44.0. The number of halogens is 4. The Hall–Kier alpha value is -2.01. The van der Waals surface area contributed by atoms with Gasteiger partial charge in [0.05, 0.1) is 31.4 Å². The van der Waals surface area contributed by atoms with Crippen LogP contribution in [-0.4, -0.2) is 31.3 Å². The lowest BCUT2D eigenvalue weighted by Crippen LogP contribution is -2.39. The minimum absolute atomic E-state index is 0. The van der Waals surface area contributed by atoms with Crippen LogP contribution >= 0.6 is 24.0 Å². The molecule has 2 aromatic carbocycles. The fourth-order valence-corrected chi connectivity index (χ4v) is 2.72. The molecule has 3 N–H and O–H groups in total. The molecule has 0 aromatic heterocycles. The molecule has 0 saturated heterocycles. The first kappa shape index (κ1) is 26.0. The SMILES string of the molecule is CCNC(=NCC(O)c1cccc(OC)c1)NC(C)c1cccc(C(F)(F)F)c1.I. The molecular formula is C21H27F3IN3O2. The van der Waals surface area contributed by atoms with Gasteiger partial charge < -0.3 is 20.5 Å². The van der Waals surface area contributed by atoms with Crippen molar-refractivity contribution in [1.29, 1.82) is 0 Å². The van der Waals surface area contributed by atoms with Crippen molar-refractivity contribution in [1.82, 2.24) is 10.6 Å². The molecule has 5 nitrogen and oxygen atoms in total. The van der Waals surface area contributed by atoms with E-state index in [0.717, 1.165) is 12.1 Å². The summed E-state index contributed by atoms with van der Waals surface area (Å²) in [5.74, 6) is 1.04. The Morgan fingerprint density at radius 3 is 2.43 bits per heavy atom. The Labute approximate surface area is 191 Å². The van der Waals surface area contributed by atoms with Gasteiger partial charge in [0.2, 0.25) is 0 Å². The third-order valence-electron chi connectivity index (χ3n) is 4.31. The van der Waals surface area contributed by atoms with Crippen LogP contribution in [0.2, 0.25) is 0 Å². The number of methoxy groups -OCH3 is 1. The van der Waals surface area contributed by atoms with Crippen LogP contribution in [0, 0.1) is 0 Å². The van der Waals surface area contributed by atoms with E-state index >= 15 is 0 Å². The second-order valence-electron chi connectivity index (χ2n) is 6.50. The number of hydrogen-bond donors (Lipinski definition) is 3. The molecule has 0 aliphatic rings. The molecule has 0 spiro atoms. The second kappa shape index (κ2) is 12.0. The lowest BCUT2D eigenvalue weighted by atomic mass is 10.1. The van der Waals surface area contributed by atoms with Gasteiger partial charge in [0.1, 0.15) is 5.75 Å². The van der Waals surface area contributed by atoms with Gasteiger partial charge in [-0.2, -0.15) is 13.2 Å². The number of aliphatic imine (C=N–C) groups is 1. The van der Waals surface area contributed by atoms with E-state index < -0.39 is 23.9 Å². The number of benzene rings is 2. The van der Waals surface area contributed by atoms with Crippen molar-refractivity contribution in [2.45, 2.75) is 32.2 Å². The maximum absolute atomic E-state index is 12.9. The first-order chi connectivity index (χ1) is 13.7. The summed E-state index contributed by atoms with van der Waals surface area (Å²) in [7, 11) is 1.55. The second-order valence-corrected chi connectivity index (χ2v) is 6.50. The molecule has 0 heterocycles. The zero-order valence-corrected chi connectivity index (χ0v) is 19.4. The van der Waals surface area contributed by atoms with E-state index in [9.17, 15) is 18.3 Å². The van der Waals surface area contributed by atoms with Gasteiger partial charge in [-0.25, -0.2) is 0 Å². The van der Waals surface area contributed by atoms with Gasteiger partial charge >= 0.3 is 6.18 Å². The van der Waals surface area contributed by atoms with E-state index in [1.54, 1.807) is 44.4 Å². The van der Waals surface area contributed by atoms with Crippen molar-refractivity contribution in [3.05, 3.63) is 65.2 Å². The van der Waals surface area contributed by atoms with Crippen molar-refractivity contribution in [3.8, 4) is 5.75 Å². The first-order valence-electron chi connectivity index (χ1n) is 9.28. The van der Waals surface area contributed by atoms with Crippen molar-refractivity contribution in [2.24, 2.45) is 4.99 Å². The lowest BCUT2D eigenvalue weighted by Gasteiger charge is -2.20. The Bertz CT molecular complexity index is 831. The van der Waals surface area contributed by atoms with Gasteiger partial charge in [-0.05, 0) is 49.2 Å². The Morgan fingerprint density at radius 1 is 1.13 bits per heavy atom. The molecule has 0 bridgehead atoms. The average Bonchev–Trinajstić information content (AvgIpc) is 2.71. The maximum atomic E-state index is 12.9. The number of aliphatic hydroxyl groups excluding tert-OH is 1. The van der Waals surface area contributed by atoms with E-state index in [1.165, 1.54) is 6.07 Å². The molecule has 166 valence electrons. The number of nitrogens with zero attached hydrogens (tertiary/aromatic N) is 1. The molecule has 30 heavy (non-hydrogen) atoms. The van der Waals surface area contributed by atoms with Crippen LogP contribution in [-0.2, 0) is 6.18 Å². The minimum atomic E-state index is -4.39. The molecule has 0 saturated carbocycles. The monoisotopic (exact) mass is 537 g/mol. The van der Waals surface area contributed by atoms with Gasteiger partial charge in [0.25, 0.3) is 0 Å². The number of ether oxygens (including phenoxy) is 1. The molecule has 2 aromatic rings. The molecule has 2 atom stereocenters. The third kappa shape index (κ3) is 7.67. The van der Waals surface area contributed by atoms with Crippen molar-refractivity contribution in [2.75, 3.05) is 20.2 Å². The Morgan fingerprint density at radius 2 is 1.80 bits per heavy atom. The van der Waals surface area contributed by atoms with E-state index in [2.05, 4.69) is 15.6 Å². The van der Waals surface area contributed by atoms with Gasteiger partial charge in [0, 0.05) is 6.54 Å². The van der Waals surface area contributed by atoms with Crippen molar-refractivity contribution in [3.63, 3.8) is 0 Å². The van der Waals surface area contributed by atoms with Gasteiger partial charge in [-0.15, -0.1) is 24.0 Å². The minimum Gasteiger partial charge on any atom is -0.497 e. The summed E-state index contributed by atoms with van der Waals surface area (Å²) in [4.78, 5) is 4.36. The highest BCUT2D eigenvalue weighted by Gasteiger charge is 2.30. The molecule has 0 aliphatic heterocycles. The van der Waals surface area contributed by atoms with Crippen molar-refractivity contribution >= 4 is 29.9 Å². The van der Waals surface area contributed by atoms with Crippen LogP contribution in [0.15, 0.2) is 53.5 Å². The number of hydrogen-bond acceptors (Lipinski definition) is 3. The van der Waals surface area contributed by atoms with E-state index in [4.69, 9.17) is 4.74 Å². The smallest absolute Gasteiger partial charge is 0.416 e. The summed E-state index contributed by atoms with van der Waals surface area (Å²) in [5, 5.41) is 16.5. The number of nitrogens with one attached hydrogen (secondary N) is 2. The van der Waals surface area contributed by atoms with E-state index in [-0.39, 0.29) is 30.5 Å². The summed E-state index contributed by atoms with van der Waals surface area (Å²) in [6, 6.07) is 11.8. The highest BCUT2D eigenvalue weighted by Crippen LogP contribution is 2.30. The molecule has 0 radical (unpaired) electrons. The highest BCUT2D eigenvalue weighted by molar-refractivity contribution is 14.0. The zero-order chi connectivity index (χ0) is 21.4. The van der Waals surface area contributed by atoms with Gasteiger partial charge in [0.15, 0.2) is 5.96 Å². The van der Waals surface area contributed by atoms with E-state index in [1.807, 2.05) is 6.92 Å². The molecule has 9 heteroatoms. The van der Waals surface area contributed by atoms with Crippen LogP contribution in [0.4, 0.5) is 13.2 Å². The van der Waals surface area contributed by atoms with Crippen LogP contribution in [0.25, 0.3) is 0 Å². The summed E-state index contributed by atoms with van der Waals surface area (Å²) in [6.45, 7) is 4.28. The summed E-state index contributed by atoms with van der Waals surface area (Å²) in [5.41, 5.74) is 0.452. The molecule has 2 unspecified atom stereocenters. The normalized spacial score (nSPS) is 13.8. The van der Waals surface area contributed by atoms with Crippen LogP contribution in [0.5, 0.6) is 5.75 Å². The standard InChI is InChI=1S/C21H26F3N3O2.HI/c1-4-25-20(26-13-19(28)16-8-6-10-18(12-16)29-3)27-14(2)15-7-5-9-17(11-15)21(22,23)24;/h5-12,14,19,28H,4,13H2,1-3H3,(H2,25,26,27);1H.